The number of unbranched alkanes of at least 4 members (excludes halogenated alkanes) is 2. The summed E-state index contributed by atoms with van der Waals surface area (Å²) in [4.78, 5) is 40.7. The van der Waals surface area contributed by atoms with E-state index in [4.69, 9.17) is 5.73 Å². The van der Waals surface area contributed by atoms with Gasteiger partial charge in [0, 0.05) is 17.3 Å². The van der Waals surface area contributed by atoms with E-state index in [1.165, 1.54) is 16.0 Å². The van der Waals surface area contributed by atoms with Crippen molar-refractivity contribution in [2.75, 3.05) is 5.32 Å². The molecule has 0 aliphatic carbocycles. The number of amides is 2. The molecule has 0 saturated carbocycles. The van der Waals surface area contributed by atoms with Gasteiger partial charge in [-0.15, -0.1) is 11.3 Å². The highest BCUT2D eigenvalue weighted by Crippen LogP contribution is 2.19. The number of hydrogen-bond acceptors (Lipinski definition) is 6. The van der Waals surface area contributed by atoms with Crippen LogP contribution in [0.5, 0.6) is 0 Å². The molecule has 3 N–H and O–H groups in total. The molecule has 0 atom stereocenters. The first-order valence-corrected chi connectivity index (χ1v) is 9.91. The summed E-state index contributed by atoms with van der Waals surface area (Å²) in [5, 5.41) is 9.97. The molecule has 2 amide bonds. The number of hydrogen-bond donors (Lipinski definition) is 2. The second kappa shape index (κ2) is 8.75. The number of rotatable bonds is 8. The molecule has 1 aromatic carbocycles. The average molecular weight is 399 g/mol. The zero-order valence-corrected chi connectivity index (χ0v) is 16.3. The number of aromatic nitrogens is 3. The van der Waals surface area contributed by atoms with E-state index in [-0.39, 0.29) is 17.7 Å². The van der Waals surface area contributed by atoms with Gasteiger partial charge in [0.1, 0.15) is 0 Å². The van der Waals surface area contributed by atoms with Crippen LogP contribution in [0.25, 0.3) is 10.8 Å². The maximum atomic E-state index is 12.8. The third-order valence-corrected chi connectivity index (χ3v) is 4.99. The molecule has 0 spiro atoms. The number of nitrogens with two attached hydrogens (primary N) is 1. The number of aryl methyl sites for hydroxylation is 1. The lowest BCUT2D eigenvalue weighted by molar-refractivity contribution is -0.117. The van der Waals surface area contributed by atoms with Gasteiger partial charge in [0.25, 0.3) is 11.5 Å². The minimum atomic E-state index is -0.491. The van der Waals surface area contributed by atoms with E-state index in [9.17, 15) is 14.4 Å². The summed E-state index contributed by atoms with van der Waals surface area (Å²) in [6.07, 6.45) is 2.82. The fourth-order valence-corrected chi connectivity index (χ4v) is 3.55. The number of primary amides is 1. The average Bonchev–Trinajstić information content (AvgIpc) is 3.09. The van der Waals surface area contributed by atoms with Crippen molar-refractivity contribution in [3.05, 3.63) is 51.4 Å². The minimum Gasteiger partial charge on any atom is -0.369 e. The highest BCUT2D eigenvalue weighted by Gasteiger charge is 2.18. The topological polar surface area (TPSA) is 120 Å². The molecule has 0 radical (unpaired) electrons. The van der Waals surface area contributed by atoms with Crippen LogP contribution in [0.3, 0.4) is 0 Å². The predicted octanol–water partition coefficient (Wildman–Crippen LogP) is 2.32. The first-order chi connectivity index (χ1) is 13.5. The number of carbonyl (C=O) groups excluding carboxylic acids is 2. The van der Waals surface area contributed by atoms with Gasteiger partial charge in [0.15, 0.2) is 10.8 Å². The van der Waals surface area contributed by atoms with Crippen LogP contribution < -0.4 is 16.6 Å². The van der Waals surface area contributed by atoms with Crippen LogP contribution in [-0.4, -0.2) is 26.6 Å². The number of benzene rings is 1. The zero-order valence-electron chi connectivity index (χ0n) is 15.5. The molecule has 2 aromatic heterocycles. The van der Waals surface area contributed by atoms with Gasteiger partial charge in [-0.05, 0) is 12.5 Å². The standard InChI is InChI=1S/C19H21N5O3S/c1-2-3-6-9-24-18(27)14-8-5-4-7-13(14)16(23-24)17(26)22-19-21-12(11-28-19)10-15(20)25/h4-5,7-8,11H,2-3,6,9-10H2,1H3,(H2,20,25)(H,21,22,26). The largest absolute Gasteiger partial charge is 0.369 e. The quantitative estimate of drug-likeness (QED) is 0.563. The van der Waals surface area contributed by atoms with E-state index < -0.39 is 11.8 Å². The Hall–Kier alpha value is -3.07. The van der Waals surface area contributed by atoms with Crippen LogP contribution in [0.1, 0.15) is 42.4 Å². The van der Waals surface area contributed by atoms with E-state index in [2.05, 4.69) is 22.3 Å². The van der Waals surface area contributed by atoms with Crippen LogP contribution in [-0.2, 0) is 17.8 Å². The monoisotopic (exact) mass is 399 g/mol. The molecule has 3 rings (SSSR count). The van der Waals surface area contributed by atoms with Crippen LogP contribution in [0.2, 0.25) is 0 Å². The number of fused-ring (bicyclic) bond motifs is 1. The van der Waals surface area contributed by atoms with Crippen molar-refractivity contribution in [1.29, 1.82) is 0 Å². The molecule has 9 heteroatoms. The highest BCUT2D eigenvalue weighted by molar-refractivity contribution is 7.14. The van der Waals surface area contributed by atoms with Crippen LogP contribution in [0.4, 0.5) is 5.13 Å². The van der Waals surface area contributed by atoms with Crippen LogP contribution in [0, 0.1) is 0 Å². The summed E-state index contributed by atoms with van der Waals surface area (Å²) in [7, 11) is 0. The number of carbonyl (C=O) groups is 2. The van der Waals surface area contributed by atoms with Crippen molar-refractivity contribution in [1.82, 2.24) is 14.8 Å². The van der Waals surface area contributed by atoms with Gasteiger partial charge >= 0.3 is 0 Å². The molecule has 2 heterocycles. The van der Waals surface area contributed by atoms with Gasteiger partial charge < -0.3 is 5.73 Å². The SMILES string of the molecule is CCCCCn1nc(C(=O)Nc2nc(CC(N)=O)cs2)c2ccccc2c1=O. The maximum absolute atomic E-state index is 12.8. The molecule has 0 unspecified atom stereocenters. The Kier molecular flexibility index (Phi) is 6.15. The second-order valence-corrected chi connectivity index (χ2v) is 7.23. The highest BCUT2D eigenvalue weighted by atomic mass is 32.1. The lowest BCUT2D eigenvalue weighted by atomic mass is 10.1. The molecule has 0 fully saturated rings. The normalized spacial score (nSPS) is 10.9. The Morgan fingerprint density at radius 1 is 1.21 bits per heavy atom. The van der Waals surface area contributed by atoms with Gasteiger partial charge in [-0.2, -0.15) is 5.10 Å². The Morgan fingerprint density at radius 2 is 1.96 bits per heavy atom. The summed E-state index contributed by atoms with van der Waals surface area (Å²) in [6, 6.07) is 6.92. The predicted molar refractivity (Wildman–Crippen MR) is 108 cm³/mol. The molecular formula is C19H21N5O3S. The number of anilines is 1. The molecule has 0 bridgehead atoms. The molecule has 3 aromatic rings. The summed E-state index contributed by atoms with van der Waals surface area (Å²) in [6.45, 7) is 2.54. The van der Waals surface area contributed by atoms with Gasteiger partial charge in [-0.25, -0.2) is 9.67 Å². The maximum Gasteiger partial charge on any atom is 0.278 e. The third kappa shape index (κ3) is 4.42. The molecule has 28 heavy (non-hydrogen) atoms. The number of nitrogens with one attached hydrogen (secondary N) is 1. The third-order valence-electron chi connectivity index (χ3n) is 4.18. The summed E-state index contributed by atoms with van der Waals surface area (Å²) in [5.41, 5.74) is 5.62. The van der Waals surface area contributed by atoms with E-state index in [1.807, 2.05) is 0 Å². The van der Waals surface area contributed by atoms with Gasteiger partial charge in [0.05, 0.1) is 17.5 Å². The lowest BCUT2D eigenvalue weighted by Gasteiger charge is -2.10. The van der Waals surface area contributed by atoms with Crippen molar-refractivity contribution in [3.8, 4) is 0 Å². The van der Waals surface area contributed by atoms with Gasteiger partial charge in [-0.1, -0.05) is 38.0 Å². The molecule has 146 valence electrons. The summed E-state index contributed by atoms with van der Waals surface area (Å²) >= 11 is 1.20. The Morgan fingerprint density at radius 3 is 2.68 bits per heavy atom. The van der Waals surface area contributed by atoms with Crippen LogP contribution >= 0.6 is 11.3 Å². The summed E-state index contributed by atoms with van der Waals surface area (Å²) in [5.74, 6) is -0.949. The van der Waals surface area contributed by atoms with Crippen LogP contribution in [0.15, 0.2) is 34.4 Å². The first kappa shape index (κ1) is 19.7. The van der Waals surface area contributed by atoms with Crippen molar-refractivity contribution in [2.24, 2.45) is 5.73 Å². The van der Waals surface area contributed by atoms with E-state index >= 15 is 0 Å². The Balaban J connectivity index is 1.93. The number of thiazole rings is 1. The second-order valence-electron chi connectivity index (χ2n) is 6.37. The van der Waals surface area contributed by atoms with Crippen molar-refractivity contribution in [2.45, 2.75) is 39.2 Å². The van der Waals surface area contributed by atoms with E-state index in [0.717, 1.165) is 19.3 Å². The molecule has 0 aliphatic rings. The van der Waals surface area contributed by atoms with Crippen molar-refractivity contribution >= 4 is 39.1 Å². The summed E-state index contributed by atoms with van der Waals surface area (Å²) < 4.78 is 1.35. The molecule has 0 aliphatic heterocycles. The lowest BCUT2D eigenvalue weighted by Crippen LogP contribution is -2.27. The van der Waals surface area contributed by atoms with Crippen molar-refractivity contribution < 1.29 is 9.59 Å². The zero-order chi connectivity index (χ0) is 20.1. The smallest absolute Gasteiger partial charge is 0.278 e. The van der Waals surface area contributed by atoms with Gasteiger partial charge in [0.2, 0.25) is 5.91 Å². The molecule has 8 nitrogen and oxygen atoms in total. The van der Waals surface area contributed by atoms with Crippen molar-refractivity contribution in [3.63, 3.8) is 0 Å². The van der Waals surface area contributed by atoms with E-state index in [0.29, 0.717) is 28.1 Å². The fourth-order valence-electron chi connectivity index (χ4n) is 2.85. The Bertz CT molecular complexity index is 1070. The fraction of sp³-hybridized carbons (Fsp3) is 0.316. The minimum absolute atomic E-state index is 0.00978. The molecule has 0 saturated heterocycles. The first-order valence-electron chi connectivity index (χ1n) is 9.03. The van der Waals surface area contributed by atoms with E-state index in [1.54, 1.807) is 29.6 Å². The molecular weight excluding hydrogens is 378 g/mol. The number of nitrogens with zero attached hydrogens (tertiary/aromatic N) is 3. The van der Waals surface area contributed by atoms with Gasteiger partial charge in [-0.3, -0.25) is 19.7 Å². The Labute approximate surface area is 165 Å².